The summed E-state index contributed by atoms with van der Waals surface area (Å²) in [6, 6.07) is 8.58. The normalized spacial score (nSPS) is 20.5. The van der Waals surface area contributed by atoms with E-state index in [0.29, 0.717) is 11.3 Å². The van der Waals surface area contributed by atoms with Gasteiger partial charge in [0.15, 0.2) is 0 Å². The van der Waals surface area contributed by atoms with Gasteiger partial charge < -0.3 is 18.9 Å². The van der Waals surface area contributed by atoms with E-state index in [1.165, 1.54) is 11.8 Å². The molecule has 0 N–H and O–H groups in total. The van der Waals surface area contributed by atoms with E-state index in [0.717, 1.165) is 0 Å². The molecular formula is C14H13Cl3O6S. The van der Waals surface area contributed by atoms with Gasteiger partial charge in [0.1, 0.15) is 18.6 Å². The summed E-state index contributed by atoms with van der Waals surface area (Å²) in [5.74, 6) is -0.0811. The van der Waals surface area contributed by atoms with Crippen molar-refractivity contribution in [2.75, 3.05) is 19.0 Å². The number of hydrogen-bond donors (Lipinski definition) is 0. The van der Waals surface area contributed by atoms with Crippen LogP contribution in [0.25, 0.3) is 0 Å². The van der Waals surface area contributed by atoms with Crippen LogP contribution in [0.1, 0.15) is 10.4 Å². The van der Waals surface area contributed by atoms with E-state index in [1.807, 2.05) is 0 Å². The largest absolute Gasteiger partial charge is 0.510 e. The summed E-state index contributed by atoms with van der Waals surface area (Å²) in [6.07, 6.45) is -1.83. The molecule has 24 heavy (non-hydrogen) atoms. The molecule has 0 bridgehead atoms. The molecule has 0 aliphatic carbocycles. The van der Waals surface area contributed by atoms with Crippen LogP contribution in [0.4, 0.5) is 4.79 Å². The number of hydrogen-bond acceptors (Lipinski definition) is 7. The van der Waals surface area contributed by atoms with Crippen molar-refractivity contribution in [1.29, 1.82) is 0 Å². The van der Waals surface area contributed by atoms with E-state index in [-0.39, 0.29) is 6.61 Å². The average Bonchev–Trinajstić information content (AvgIpc) is 2.98. The van der Waals surface area contributed by atoms with Crippen molar-refractivity contribution in [3.63, 3.8) is 0 Å². The van der Waals surface area contributed by atoms with E-state index in [2.05, 4.69) is 4.74 Å². The third-order valence-corrected chi connectivity index (χ3v) is 4.07. The van der Waals surface area contributed by atoms with Gasteiger partial charge in [0.2, 0.25) is 10.1 Å². The second-order valence-corrected chi connectivity index (χ2v) is 8.27. The molecular weight excluding hydrogens is 403 g/mol. The van der Waals surface area contributed by atoms with E-state index in [9.17, 15) is 9.59 Å². The number of alkyl halides is 3. The lowest BCUT2D eigenvalue weighted by Crippen LogP contribution is -2.25. The maximum Gasteiger partial charge on any atom is 0.510 e. The molecule has 2 atom stereocenters. The Kier molecular flexibility index (Phi) is 7.31. The third kappa shape index (κ3) is 6.94. The van der Waals surface area contributed by atoms with Gasteiger partial charge in [-0.15, -0.1) is 11.8 Å². The lowest BCUT2D eigenvalue weighted by Gasteiger charge is -2.15. The Labute approximate surface area is 157 Å². The summed E-state index contributed by atoms with van der Waals surface area (Å²) in [5.41, 5.74) is 0.00668. The Morgan fingerprint density at radius 2 is 1.92 bits per heavy atom. The Balaban J connectivity index is 1.68. The first-order valence-corrected chi connectivity index (χ1v) is 8.91. The highest BCUT2D eigenvalue weighted by atomic mass is 35.6. The highest BCUT2D eigenvalue weighted by Gasteiger charge is 2.31. The first kappa shape index (κ1) is 19.5. The first-order chi connectivity index (χ1) is 11.3. The lowest BCUT2D eigenvalue weighted by molar-refractivity contribution is -0.114. The fourth-order valence-corrected chi connectivity index (χ4v) is 2.72. The van der Waals surface area contributed by atoms with Crippen molar-refractivity contribution >= 4 is 58.7 Å². The summed E-state index contributed by atoms with van der Waals surface area (Å²) < 4.78 is 18.4. The third-order valence-electron chi connectivity index (χ3n) is 2.66. The van der Waals surface area contributed by atoms with Crippen molar-refractivity contribution in [2.45, 2.75) is 15.5 Å². The second-order valence-electron chi connectivity index (χ2n) is 4.56. The molecule has 2 rings (SSSR count). The molecule has 0 radical (unpaired) electrons. The molecule has 1 aliphatic rings. The van der Waals surface area contributed by atoms with Crippen molar-refractivity contribution in [3.8, 4) is 0 Å². The molecule has 1 fully saturated rings. The van der Waals surface area contributed by atoms with Crippen molar-refractivity contribution in [2.24, 2.45) is 0 Å². The van der Waals surface area contributed by atoms with E-state index in [1.54, 1.807) is 30.3 Å². The molecule has 6 nitrogen and oxygen atoms in total. The predicted octanol–water partition coefficient (Wildman–Crippen LogP) is 3.78. The van der Waals surface area contributed by atoms with Crippen LogP contribution in [0.15, 0.2) is 30.3 Å². The molecule has 132 valence electrons. The molecule has 0 amide bonds. The SMILES string of the molecule is O=C(OCC(Cl)(Cl)Cl)O[C@H]1CS[C@H](COC(=O)c2ccccc2)O1. The zero-order valence-electron chi connectivity index (χ0n) is 12.2. The van der Waals surface area contributed by atoms with Crippen molar-refractivity contribution < 1.29 is 28.5 Å². The minimum atomic E-state index is -1.71. The molecule has 0 aromatic heterocycles. The molecule has 10 heteroatoms. The molecule has 1 aromatic rings. The molecule has 1 saturated heterocycles. The maximum atomic E-state index is 11.8. The molecule has 1 aliphatic heterocycles. The van der Waals surface area contributed by atoms with Crippen LogP contribution in [-0.4, -0.2) is 46.6 Å². The topological polar surface area (TPSA) is 71.1 Å². The summed E-state index contributed by atoms with van der Waals surface area (Å²) in [6.45, 7) is -0.407. The van der Waals surface area contributed by atoms with E-state index < -0.39 is 34.3 Å². The summed E-state index contributed by atoms with van der Waals surface area (Å²) in [5, 5.41) is 0. The minimum absolute atomic E-state index is 0.0292. The molecule has 0 saturated carbocycles. The summed E-state index contributed by atoms with van der Waals surface area (Å²) in [7, 11) is 0. The van der Waals surface area contributed by atoms with Gasteiger partial charge in [0.05, 0.1) is 11.3 Å². The first-order valence-electron chi connectivity index (χ1n) is 6.73. The molecule has 1 heterocycles. The highest BCUT2D eigenvalue weighted by Crippen LogP contribution is 2.28. The molecule has 0 spiro atoms. The fourth-order valence-electron chi connectivity index (χ4n) is 1.67. The summed E-state index contributed by atoms with van der Waals surface area (Å²) >= 11 is 17.7. The Morgan fingerprint density at radius 1 is 1.21 bits per heavy atom. The van der Waals surface area contributed by atoms with Gasteiger partial charge in [-0.1, -0.05) is 53.0 Å². The minimum Gasteiger partial charge on any atom is -0.458 e. The van der Waals surface area contributed by atoms with Gasteiger partial charge >= 0.3 is 12.1 Å². The number of thioether (sulfide) groups is 1. The van der Waals surface area contributed by atoms with Crippen LogP contribution in [0.3, 0.4) is 0 Å². The number of benzene rings is 1. The standard InChI is InChI=1S/C14H13Cl3O6S/c15-14(16,17)8-21-13(19)23-10-7-24-11(22-10)6-20-12(18)9-4-2-1-3-5-9/h1-5,10-11H,6-8H2/t10-,11+/m0/s1. The van der Waals surface area contributed by atoms with Gasteiger partial charge in [-0.2, -0.15) is 0 Å². The lowest BCUT2D eigenvalue weighted by atomic mass is 10.2. The van der Waals surface area contributed by atoms with Crippen LogP contribution in [0, 0.1) is 0 Å². The number of esters is 1. The Morgan fingerprint density at radius 3 is 2.58 bits per heavy atom. The van der Waals surface area contributed by atoms with E-state index >= 15 is 0 Å². The van der Waals surface area contributed by atoms with Crippen molar-refractivity contribution in [3.05, 3.63) is 35.9 Å². The number of carbonyl (C=O) groups excluding carboxylic acids is 2. The van der Waals surface area contributed by atoms with Gasteiger partial charge in [-0.3, -0.25) is 0 Å². The number of halogens is 3. The predicted molar refractivity (Wildman–Crippen MR) is 90.6 cm³/mol. The van der Waals surface area contributed by atoms with Gasteiger partial charge in [0.25, 0.3) is 0 Å². The van der Waals surface area contributed by atoms with Crippen LogP contribution < -0.4 is 0 Å². The fraction of sp³-hybridized carbons (Fsp3) is 0.429. The van der Waals surface area contributed by atoms with Gasteiger partial charge in [0, 0.05) is 0 Å². The van der Waals surface area contributed by atoms with Gasteiger partial charge in [-0.25, -0.2) is 9.59 Å². The van der Waals surface area contributed by atoms with Crippen LogP contribution >= 0.6 is 46.6 Å². The van der Waals surface area contributed by atoms with Crippen LogP contribution in [0.2, 0.25) is 0 Å². The quantitative estimate of drug-likeness (QED) is 0.535. The zero-order chi connectivity index (χ0) is 17.6. The van der Waals surface area contributed by atoms with Crippen LogP contribution in [0.5, 0.6) is 0 Å². The highest BCUT2D eigenvalue weighted by molar-refractivity contribution is 8.00. The van der Waals surface area contributed by atoms with Crippen LogP contribution in [-0.2, 0) is 18.9 Å². The number of carbonyl (C=O) groups is 2. The van der Waals surface area contributed by atoms with Gasteiger partial charge in [-0.05, 0) is 12.1 Å². The van der Waals surface area contributed by atoms with Crippen molar-refractivity contribution in [1.82, 2.24) is 0 Å². The summed E-state index contributed by atoms with van der Waals surface area (Å²) in [4.78, 5) is 23.2. The average molecular weight is 416 g/mol. The second kappa shape index (κ2) is 9.01. The monoisotopic (exact) mass is 414 g/mol. The number of ether oxygens (including phenoxy) is 4. The zero-order valence-corrected chi connectivity index (χ0v) is 15.2. The maximum absolute atomic E-state index is 11.8. The molecule has 0 unspecified atom stereocenters. The Bertz CT molecular complexity index is 565. The molecule has 1 aromatic carbocycles. The Hall–Kier alpha value is -0.860. The van der Waals surface area contributed by atoms with E-state index in [4.69, 9.17) is 49.0 Å². The number of rotatable bonds is 5. The smallest absolute Gasteiger partial charge is 0.458 e.